The minimum Gasteiger partial charge on any atom is -0.353 e. The topological polar surface area (TPSA) is 36.4 Å². The van der Waals surface area contributed by atoms with Gasteiger partial charge < -0.3 is 9.80 Å². The van der Waals surface area contributed by atoms with Crippen LogP contribution in [-0.2, 0) is 17.4 Å². The number of benzene rings is 1. The predicted molar refractivity (Wildman–Crippen MR) is 92.9 cm³/mol. The molecule has 0 aliphatic carbocycles. The van der Waals surface area contributed by atoms with Gasteiger partial charge in [0.25, 0.3) is 0 Å². The SMILES string of the molecule is Cc1ccccc1CC(=O)N1CCN(c2ccc(C(F)(F)F)cn2)CC1. The van der Waals surface area contributed by atoms with Crippen LogP contribution in [0.2, 0.25) is 0 Å². The van der Waals surface area contributed by atoms with E-state index < -0.39 is 11.7 Å². The van der Waals surface area contributed by atoms with Crippen LogP contribution in [0.25, 0.3) is 0 Å². The standard InChI is InChI=1S/C19H20F3N3O/c1-14-4-2-3-5-15(14)12-18(26)25-10-8-24(9-11-25)17-7-6-16(13-23-17)19(20,21)22/h2-7,13H,8-12H2,1H3. The second kappa shape index (κ2) is 7.35. The number of carbonyl (C=O) groups excluding carboxylic acids is 1. The van der Waals surface area contributed by atoms with E-state index in [-0.39, 0.29) is 5.91 Å². The molecule has 138 valence electrons. The van der Waals surface area contributed by atoms with Gasteiger partial charge >= 0.3 is 6.18 Å². The van der Waals surface area contributed by atoms with Crippen LogP contribution in [0.5, 0.6) is 0 Å². The van der Waals surface area contributed by atoms with Crippen molar-refractivity contribution in [3.63, 3.8) is 0 Å². The fourth-order valence-corrected chi connectivity index (χ4v) is 3.01. The summed E-state index contributed by atoms with van der Waals surface area (Å²) < 4.78 is 37.8. The van der Waals surface area contributed by atoms with Crippen LogP contribution in [0.4, 0.5) is 19.0 Å². The third-order valence-electron chi connectivity index (χ3n) is 4.63. The molecule has 0 unspecified atom stereocenters. The van der Waals surface area contributed by atoms with Gasteiger partial charge in [0.1, 0.15) is 5.82 Å². The molecule has 0 saturated carbocycles. The van der Waals surface area contributed by atoms with Crippen molar-refractivity contribution in [2.75, 3.05) is 31.1 Å². The summed E-state index contributed by atoms with van der Waals surface area (Å²) in [4.78, 5) is 20.1. The number of hydrogen-bond donors (Lipinski definition) is 0. The lowest BCUT2D eigenvalue weighted by Crippen LogP contribution is -2.49. The Kier molecular flexibility index (Phi) is 5.15. The van der Waals surface area contributed by atoms with Crippen LogP contribution in [-0.4, -0.2) is 42.0 Å². The molecule has 0 bridgehead atoms. The number of halogens is 3. The van der Waals surface area contributed by atoms with Crippen molar-refractivity contribution in [1.82, 2.24) is 9.88 Å². The zero-order chi connectivity index (χ0) is 18.7. The normalized spacial score (nSPS) is 15.2. The van der Waals surface area contributed by atoms with Crippen molar-refractivity contribution in [2.24, 2.45) is 0 Å². The lowest BCUT2D eigenvalue weighted by atomic mass is 10.1. The van der Waals surface area contributed by atoms with Gasteiger partial charge in [-0.05, 0) is 30.2 Å². The van der Waals surface area contributed by atoms with Crippen LogP contribution in [0.15, 0.2) is 42.6 Å². The van der Waals surface area contributed by atoms with Crippen LogP contribution in [0.1, 0.15) is 16.7 Å². The second-order valence-electron chi connectivity index (χ2n) is 6.37. The zero-order valence-corrected chi connectivity index (χ0v) is 14.5. The average molecular weight is 363 g/mol. The van der Waals surface area contributed by atoms with Crippen LogP contribution >= 0.6 is 0 Å². The maximum absolute atomic E-state index is 12.6. The molecule has 1 aliphatic heterocycles. The number of hydrogen-bond acceptors (Lipinski definition) is 3. The van der Waals surface area contributed by atoms with Crippen molar-refractivity contribution < 1.29 is 18.0 Å². The number of amides is 1. The minimum absolute atomic E-state index is 0.0688. The monoisotopic (exact) mass is 363 g/mol. The zero-order valence-electron chi connectivity index (χ0n) is 14.5. The highest BCUT2D eigenvalue weighted by atomic mass is 19.4. The molecule has 0 atom stereocenters. The smallest absolute Gasteiger partial charge is 0.353 e. The van der Waals surface area contributed by atoms with Crippen LogP contribution in [0, 0.1) is 6.92 Å². The summed E-state index contributed by atoms with van der Waals surface area (Å²) in [5.41, 5.74) is 1.35. The number of aryl methyl sites for hydroxylation is 1. The molecule has 0 radical (unpaired) electrons. The molecule has 3 rings (SSSR count). The molecule has 1 saturated heterocycles. The first-order valence-corrected chi connectivity index (χ1v) is 8.45. The predicted octanol–water partition coefficient (Wildman–Crippen LogP) is 3.30. The molecule has 4 nitrogen and oxygen atoms in total. The van der Waals surface area contributed by atoms with Crippen molar-refractivity contribution in [2.45, 2.75) is 19.5 Å². The molecule has 1 aliphatic rings. The Morgan fingerprint density at radius 2 is 1.77 bits per heavy atom. The Morgan fingerprint density at radius 1 is 1.08 bits per heavy atom. The van der Waals surface area contributed by atoms with Gasteiger partial charge in [-0.1, -0.05) is 24.3 Å². The molecule has 0 N–H and O–H groups in total. The Morgan fingerprint density at radius 3 is 2.35 bits per heavy atom. The first-order valence-electron chi connectivity index (χ1n) is 8.45. The Labute approximate surface area is 150 Å². The molecular weight excluding hydrogens is 343 g/mol. The maximum atomic E-state index is 12.6. The quantitative estimate of drug-likeness (QED) is 0.840. The number of rotatable bonds is 3. The summed E-state index contributed by atoms with van der Waals surface area (Å²) in [5, 5.41) is 0. The third kappa shape index (κ3) is 4.15. The molecule has 1 aromatic carbocycles. The van der Waals surface area contributed by atoms with Crippen LogP contribution < -0.4 is 4.90 Å². The molecule has 1 amide bonds. The first kappa shape index (κ1) is 18.2. The van der Waals surface area contributed by atoms with Crippen molar-refractivity contribution in [1.29, 1.82) is 0 Å². The number of carbonyl (C=O) groups is 1. The van der Waals surface area contributed by atoms with E-state index in [0.717, 1.165) is 23.4 Å². The van der Waals surface area contributed by atoms with E-state index in [4.69, 9.17) is 0 Å². The number of anilines is 1. The molecule has 1 fully saturated rings. The number of piperazine rings is 1. The number of pyridine rings is 1. The molecule has 26 heavy (non-hydrogen) atoms. The highest BCUT2D eigenvalue weighted by Gasteiger charge is 2.31. The molecule has 2 heterocycles. The van der Waals surface area contributed by atoms with Gasteiger partial charge in [-0.25, -0.2) is 4.98 Å². The molecular formula is C19H20F3N3O. The van der Waals surface area contributed by atoms with Gasteiger partial charge in [-0.2, -0.15) is 13.2 Å². The van der Waals surface area contributed by atoms with Gasteiger partial charge in [0, 0.05) is 32.4 Å². The van der Waals surface area contributed by atoms with E-state index in [1.807, 2.05) is 36.1 Å². The summed E-state index contributed by atoms with van der Waals surface area (Å²) in [6.07, 6.45) is -3.16. The Balaban J connectivity index is 1.57. The minimum atomic E-state index is -4.38. The third-order valence-corrected chi connectivity index (χ3v) is 4.63. The van der Waals surface area contributed by atoms with E-state index in [9.17, 15) is 18.0 Å². The average Bonchev–Trinajstić information content (AvgIpc) is 2.63. The fourth-order valence-electron chi connectivity index (χ4n) is 3.01. The van der Waals surface area contributed by atoms with Crippen LogP contribution in [0.3, 0.4) is 0 Å². The summed E-state index contributed by atoms with van der Waals surface area (Å²) in [6.45, 7) is 4.16. The largest absolute Gasteiger partial charge is 0.417 e. The molecule has 1 aromatic heterocycles. The number of nitrogens with zero attached hydrogens (tertiary/aromatic N) is 3. The summed E-state index contributed by atoms with van der Waals surface area (Å²) >= 11 is 0. The number of alkyl halides is 3. The van der Waals surface area contributed by atoms with Gasteiger partial charge in [0.2, 0.25) is 5.91 Å². The highest BCUT2D eigenvalue weighted by Crippen LogP contribution is 2.29. The molecule has 2 aromatic rings. The van der Waals surface area contributed by atoms with Crippen molar-refractivity contribution in [3.05, 3.63) is 59.3 Å². The van der Waals surface area contributed by atoms with E-state index >= 15 is 0 Å². The summed E-state index contributed by atoms with van der Waals surface area (Å²) in [5.74, 6) is 0.573. The van der Waals surface area contributed by atoms with E-state index in [1.54, 1.807) is 4.90 Å². The second-order valence-corrected chi connectivity index (χ2v) is 6.37. The van der Waals surface area contributed by atoms with Gasteiger partial charge in [-0.3, -0.25) is 4.79 Å². The number of aromatic nitrogens is 1. The maximum Gasteiger partial charge on any atom is 0.417 e. The summed E-state index contributed by atoms with van der Waals surface area (Å²) in [6, 6.07) is 10.2. The lowest BCUT2D eigenvalue weighted by Gasteiger charge is -2.35. The van der Waals surface area contributed by atoms with E-state index in [2.05, 4.69) is 4.98 Å². The highest BCUT2D eigenvalue weighted by molar-refractivity contribution is 5.79. The van der Waals surface area contributed by atoms with Gasteiger partial charge in [0.15, 0.2) is 0 Å². The van der Waals surface area contributed by atoms with E-state index in [0.29, 0.717) is 38.4 Å². The molecule has 0 spiro atoms. The lowest BCUT2D eigenvalue weighted by molar-refractivity contribution is -0.137. The Bertz CT molecular complexity index is 766. The summed E-state index contributed by atoms with van der Waals surface area (Å²) in [7, 11) is 0. The van der Waals surface area contributed by atoms with Crippen molar-refractivity contribution in [3.8, 4) is 0 Å². The molecule has 7 heteroatoms. The Hall–Kier alpha value is -2.57. The van der Waals surface area contributed by atoms with Gasteiger partial charge in [0.05, 0.1) is 12.0 Å². The van der Waals surface area contributed by atoms with Gasteiger partial charge in [-0.15, -0.1) is 0 Å². The first-order chi connectivity index (χ1) is 12.3. The van der Waals surface area contributed by atoms with Crippen molar-refractivity contribution >= 4 is 11.7 Å². The van der Waals surface area contributed by atoms with E-state index in [1.165, 1.54) is 6.07 Å². The fraction of sp³-hybridized carbons (Fsp3) is 0.368.